The predicted octanol–water partition coefficient (Wildman–Crippen LogP) is 0.0921. The molecule has 154 valence electrons. The molecule has 11 heteroatoms. The Labute approximate surface area is 168 Å². The number of imide groups is 1. The lowest BCUT2D eigenvalue weighted by Crippen LogP contribution is -2.38. The van der Waals surface area contributed by atoms with Gasteiger partial charge in [0.15, 0.2) is 0 Å². The molecule has 2 aromatic carbocycles. The first-order chi connectivity index (χ1) is 13.6. The van der Waals surface area contributed by atoms with E-state index in [1.165, 1.54) is 24.3 Å². The van der Waals surface area contributed by atoms with Crippen LogP contribution in [0.4, 0.5) is 0 Å². The third-order valence-electron chi connectivity index (χ3n) is 4.45. The van der Waals surface area contributed by atoms with E-state index in [2.05, 4.69) is 4.72 Å². The molecule has 0 atom stereocenters. The summed E-state index contributed by atoms with van der Waals surface area (Å²) in [5.41, 5.74) is 1.26. The summed E-state index contributed by atoms with van der Waals surface area (Å²) in [6.45, 7) is -0.163. The number of nitrogens with zero attached hydrogens (tertiary/aromatic N) is 1. The molecule has 0 radical (unpaired) electrons. The van der Waals surface area contributed by atoms with Crippen LogP contribution < -0.4 is 9.86 Å². The third-order valence-corrected chi connectivity index (χ3v) is 6.74. The van der Waals surface area contributed by atoms with Crippen molar-refractivity contribution < 1.29 is 26.4 Å². The van der Waals surface area contributed by atoms with Crippen LogP contribution in [0.1, 0.15) is 26.3 Å². The highest BCUT2D eigenvalue weighted by Gasteiger charge is 2.35. The third kappa shape index (κ3) is 4.88. The van der Waals surface area contributed by atoms with Crippen LogP contribution >= 0.6 is 0 Å². The molecule has 1 aliphatic heterocycles. The van der Waals surface area contributed by atoms with Crippen molar-refractivity contribution in [3.8, 4) is 0 Å². The van der Waals surface area contributed by atoms with Gasteiger partial charge in [-0.25, -0.2) is 26.7 Å². The summed E-state index contributed by atoms with van der Waals surface area (Å²) in [5.74, 6) is -1.42. The topological polar surface area (TPSA) is 144 Å². The van der Waals surface area contributed by atoms with Gasteiger partial charge in [-0.3, -0.25) is 14.5 Å². The summed E-state index contributed by atoms with van der Waals surface area (Å²) >= 11 is 0. The Morgan fingerprint density at radius 1 is 0.862 bits per heavy atom. The first kappa shape index (κ1) is 21.1. The highest BCUT2D eigenvalue weighted by molar-refractivity contribution is 7.89. The number of hydrogen-bond donors (Lipinski definition) is 2. The average Bonchev–Trinajstić information content (AvgIpc) is 2.91. The average molecular weight is 437 g/mol. The van der Waals surface area contributed by atoms with Gasteiger partial charge >= 0.3 is 0 Å². The monoisotopic (exact) mass is 437 g/mol. The zero-order valence-corrected chi connectivity index (χ0v) is 16.9. The largest absolute Gasteiger partial charge is 0.273 e. The molecule has 3 N–H and O–H groups in total. The van der Waals surface area contributed by atoms with E-state index < -0.39 is 37.6 Å². The molecule has 1 aliphatic rings. The molecule has 0 aliphatic carbocycles. The van der Waals surface area contributed by atoms with Crippen LogP contribution in [0.25, 0.3) is 0 Å². The minimum atomic E-state index is -3.78. The molecule has 0 fully saturated rings. The molecule has 0 aromatic heterocycles. The lowest BCUT2D eigenvalue weighted by molar-refractivity contribution is 0.0664. The minimum absolute atomic E-state index is 0.0252. The summed E-state index contributed by atoms with van der Waals surface area (Å²) in [6, 6.07) is 12.1. The van der Waals surface area contributed by atoms with Crippen molar-refractivity contribution >= 4 is 31.9 Å². The highest BCUT2D eigenvalue weighted by atomic mass is 32.2. The molecule has 0 unspecified atom stereocenters. The number of carbonyl (C=O) groups is 2. The van der Waals surface area contributed by atoms with E-state index in [9.17, 15) is 26.4 Å². The minimum Gasteiger partial charge on any atom is -0.273 e. The molecule has 1 heterocycles. The maximum atomic E-state index is 12.3. The van der Waals surface area contributed by atoms with Gasteiger partial charge < -0.3 is 0 Å². The first-order valence-electron chi connectivity index (χ1n) is 8.63. The van der Waals surface area contributed by atoms with Gasteiger partial charge in [-0.2, -0.15) is 0 Å². The van der Waals surface area contributed by atoms with E-state index in [-0.39, 0.29) is 29.1 Å². The van der Waals surface area contributed by atoms with Crippen molar-refractivity contribution in [1.29, 1.82) is 0 Å². The predicted molar refractivity (Wildman–Crippen MR) is 105 cm³/mol. The van der Waals surface area contributed by atoms with Crippen molar-refractivity contribution in [3.63, 3.8) is 0 Å². The lowest BCUT2D eigenvalue weighted by atomic mass is 10.1. The second kappa shape index (κ2) is 8.03. The molecule has 0 saturated carbocycles. The Balaban J connectivity index is 1.52. The Morgan fingerprint density at radius 3 is 1.93 bits per heavy atom. The Morgan fingerprint density at radius 2 is 1.41 bits per heavy atom. The molecular weight excluding hydrogens is 418 g/mol. The summed E-state index contributed by atoms with van der Waals surface area (Å²) in [6.07, 6.45) is 0.331. The zero-order valence-electron chi connectivity index (χ0n) is 15.2. The van der Waals surface area contributed by atoms with E-state index >= 15 is 0 Å². The molecular formula is C18H19N3O6S2. The number of fused-ring (bicyclic) bond motifs is 1. The van der Waals surface area contributed by atoms with Gasteiger partial charge in [-0.05, 0) is 36.2 Å². The van der Waals surface area contributed by atoms with Crippen LogP contribution in [0.2, 0.25) is 0 Å². The van der Waals surface area contributed by atoms with Crippen LogP contribution in [0.5, 0.6) is 0 Å². The number of hydrogen-bond acceptors (Lipinski definition) is 6. The molecule has 0 saturated heterocycles. The fourth-order valence-corrected chi connectivity index (χ4v) is 4.42. The van der Waals surface area contributed by atoms with Crippen LogP contribution in [-0.2, 0) is 26.5 Å². The number of benzene rings is 2. The van der Waals surface area contributed by atoms with Gasteiger partial charge in [0.25, 0.3) is 11.8 Å². The van der Waals surface area contributed by atoms with Crippen molar-refractivity contribution in [2.24, 2.45) is 5.14 Å². The number of nitrogens with one attached hydrogen (secondary N) is 1. The normalized spacial score (nSPS) is 14.3. The van der Waals surface area contributed by atoms with E-state index in [0.717, 1.165) is 10.5 Å². The summed E-state index contributed by atoms with van der Waals surface area (Å²) in [7, 11) is -7.50. The molecule has 29 heavy (non-hydrogen) atoms. The van der Waals surface area contributed by atoms with E-state index in [1.807, 2.05) is 0 Å². The van der Waals surface area contributed by atoms with Crippen molar-refractivity contribution in [2.45, 2.75) is 11.3 Å². The zero-order chi connectivity index (χ0) is 21.2. The summed E-state index contributed by atoms with van der Waals surface area (Å²) in [5, 5.41) is 5.03. The van der Waals surface area contributed by atoms with Crippen molar-refractivity contribution in [2.75, 3.05) is 18.8 Å². The number of primary sulfonamides is 1. The summed E-state index contributed by atoms with van der Waals surface area (Å²) in [4.78, 5) is 25.4. The SMILES string of the molecule is NS(=O)(=O)c1ccc(CCNS(=O)(=O)CCN2C(=O)c3ccccc3C2=O)cc1. The lowest BCUT2D eigenvalue weighted by Gasteiger charge is -2.14. The quantitative estimate of drug-likeness (QED) is 0.560. The number of nitrogens with two attached hydrogens (primary N) is 1. The summed E-state index contributed by atoms with van der Waals surface area (Å²) < 4.78 is 49.2. The molecule has 3 rings (SSSR count). The van der Waals surface area contributed by atoms with Gasteiger partial charge in [-0.1, -0.05) is 24.3 Å². The fourth-order valence-electron chi connectivity index (χ4n) is 2.92. The van der Waals surface area contributed by atoms with E-state index in [4.69, 9.17) is 5.14 Å². The fraction of sp³-hybridized carbons (Fsp3) is 0.222. The maximum absolute atomic E-state index is 12.3. The number of carbonyl (C=O) groups excluding carboxylic acids is 2. The van der Waals surface area contributed by atoms with Gasteiger partial charge in [0, 0.05) is 13.1 Å². The van der Waals surface area contributed by atoms with E-state index in [0.29, 0.717) is 6.42 Å². The van der Waals surface area contributed by atoms with Crippen LogP contribution in [0.15, 0.2) is 53.4 Å². The number of amides is 2. The number of rotatable bonds is 8. The Bertz CT molecular complexity index is 1120. The highest BCUT2D eigenvalue weighted by Crippen LogP contribution is 2.22. The second-order valence-electron chi connectivity index (χ2n) is 6.46. The van der Waals surface area contributed by atoms with Crippen LogP contribution in [-0.4, -0.2) is 52.4 Å². The standard InChI is InChI=1S/C18H19N3O6S2/c19-29(26,27)14-7-5-13(6-8-14)9-10-20-28(24,25)12-11-21-17(22)15-3-1-2-4-16(15)18(21)23/h1-8,20H,9-12H2,(H2,19,26,27). The van der Waals surface area contributed by atoms with Crippen molar-refractivity contribution in [1.82, 2.24) is 9.62 Å². The van der Waals surface area contributed by atoms with Gasteiger partial charge in [0.2, 0.25) is 20.0 Å². The van der Waals surface area contributed by atoms with Gasteiger partial charge in [-0.15, -0.1) is 0 Å². The molecule has 9 nitrogen and oxygen atoms in total. The Kier molecular flexibility index (Phi) is 5.85. The van der Waals surface area contributed by atoms with Gasteiger partial charge in [0.1, 0.15) is 0 Å². The Hall–Kier alpha value is -2.60. The van der Waals surface area contributed by atoms with E-state index in [1.54, 1.807) is 24.3 Å². The van der Waals surface area contributed by atoms with Gasteiger partial charge in [0.05, 0.1) is 21.8 Å². The smallest absolute Gasteiger partial charge is 0.261 e. The molecule has 0 spiro atoms. The van der Waals surface area contributed by atoms with Crippen LogP contribution in [0.3, 0.4) is 0 Å². The molecule has 2 amide bonds. The first-order valence-corrected chi connectivity index (χ1v) is 11.8. The van der Waals surface area contributed by atoms with Crippen molar-refractivity contribution in [3.05, 3.63) is 65.2 Å². The second-order valence-corrected chi connectivity index (χ2v) is 9.95. The molecule has 2 aromatic rings. The molecule has 0 bridgehead atoms. The van der Waals surface area contributed by atoms with Crippen LogP contribution in [0, 0.1) is 0 Å². The number of sulfonamides is 2. The maximum Gasteiger partial charge on any atom is 0.261 e.